The molecule has 0 spiro atoms. The number of nitrogens with two attached hydrogens (primary N) is 1. The second-order valence-electron chi connectivity index (χ2n) is 4.07. The van der Waals surface area contributed by atoms with E-state index in [9.17, 15) is 0 Å². The molecule has 0 saturated heterocycles. The van der Waals surface area contributed by atoms with E-state index in [1.54, 1.807) is 0 Å². The summed E-state index contributed by atoms with van der Waals surface area (Å²) in [6.45, 7) is 2.25. The lowest BCUT2D eigenvalue weighted by Crippen LogP contribution is -2.29. The summed E-state index contributed by atoms with van der Waals surface area (Å²) in [4.78, 5) is 0. The molecule has 3 heteroatoms. The second-order valence-corrected chi connectivity index (χ2v) is 4.51. The van der Waals surface area contributed by atoms with Crippen molar-refractivity contribution in [1.29, 1.82) is 0 Å². The number of benzene rings is 1. The highest BCUT2D eigenvalue weighted by atomic mass is 35.5. The average Bonchev–Trinajstić information content (AvgIpc) is 2.88. The molecule has 1 aliphatic rings. The molecular weight excluding hydrogens is 196 g/mol. The largest absolute Gasteiger partial charge is 0.271 e. The van der Waals surface area contributed by atoms with Crippen LogP contribution in [0.15, 0.2) is 24.3 Å². The first kappa shape index (κ1) is 9.97. The minimum atomic E-state index is 0.280. The van der Waals surface area contributed by atoms with Crippen molar-refractivity contribution in [3.05, 3.63) is 34.9 Å². The Bertz CT molecular complexity index is 310. The van der Waals surface area contributed by atoms with Crippen molar-refractivity contribution in [2.75, 3.05) is 0 Å². The summed E-state index contributed by atoms with van der Waals surface area (Å²) in [5.74, 6) is 7.03. The number of halogens is 1. The van der Waals surface area contributed by atoms with Crippen molar-refractivity contribution in [3.63, 3.8) is 0 Å². The van der Waals surface area contributed by atoms with Crippen LogP contribution < -0.4 is 11.3 Å². The molecule has 0 aliphatic heterocycles. The van der Waals surface area contributed by atoms with Gasteiger partial charge >= 0.3 is 0 Å². The minimum absolute atomic E-state index is 0.280. The lowest BCUT2D eigenvalue weighted by molar-refractivity contribution is 0.476. The zero-order valence-electron chi connectivity index (χ0n) is 8.20. The van der Waals surface area contributed by atoms with E-state index in [2.05, 4.69) is 12.3 Å². The van der Waals surface area contributed by atoms with Crippen LogP contribution in [0.2, 0.25) is 5.02 Å². The maximum Gasteiger partial charge on any atom is 0.0490 e. The first-order valence-corrected chi connectivity index (χ1v) is 5.31. The molecule has 3 atom stereocenters. The Balaban J connectivity index is 2.15. The van der Waals surface area contributed by atoms with Gasteiger partial charge in [-0.25, -0.2) is 0 Å². The molecule has 2 rings (SSSR count). The molecule has 0 radical (unpaired) electrons. The third-order valence-electron chi connectivity index (χ3n) is 3.01. The van der Waals surface area contributed by atoms with Crippen molar-refractivity contribution in [2.45, 2.75) is 19.4 Å². The summed E-state index contributed by atoms with van der Waals surface area (Å²) in [5, 5.41) is 0.772. The van der Waals surface area contributed by atoms with Crippen LogP contribution in [0.3, 0.4) is 0 Å². The normalized spacial score (nSPS) is 27.4. The smallest absolute Gasteiger partial charge is 0.0490 e. The maximum atomic E-state index is 5.83. The van der Waals surface area contributed by atoms with E-state index < -0.39 is 0 Å². The predicted octanol–water partition coefficient (Wildman–Crippen LogP) is 2.50. The molecule has 1 aliphatic carbocycles. The molecule has 14 heavy (non-hydrogen) atoms. The van der Waals surface area contributed by atoms with Gasteiger partial charge < -0.3 is 0 Å². The quantitative estimate of drug-likeness (QED) is 0.594. The van der Waals surface area contributed by atoms with Crippen LogP contribution >= 0.6 is 11.6 Å². The fourth-order valence-electron chi connectivity index (χ4n) is 1.95. The van der Waals surface area contributed by atoms with Crippen LogP contribution in [0.5, 0.6) is 0 Å². The molecule has 0 heterocycles. The fourth-order valence-corrected chi connectivity index (χ4v) is 2.08. The molecule has 1 fully saturated rings. The molecule has 3 N–H and O–H groups in total. The molecule has 0 amide bonds. The molecule has 1 aromatic rings. The van der Waals surface area contributed by atoms with Gasteiger partial charge in [0.15, 0.2) is 0 Å². The van der Waals surface area contributed by atoms with Crippen molar-refractivity contribution >= 4 is 11.6 Å². The van der Waals surface area contributed by atoms with Gasteiger partial charge in [-0.1, -0.05) is 30.7 Å². The zero-order chi connectivity index (χ0) is 10.1. The van der Waals surface area contributed by atoms with Gasteiger partial charge in [-0.05, 0) is 36.0 Å². The third-order valence-corrected chi connectivity index (χ3v) is 3.26. The first-order chi connectivity index (χ1) is 6.72. The Morgan fingerprint density at radius 2 is 2.00 bits per heavy atom. The highest BCUT2D eigenvalue weighted by Gasteiger charge is 2.39. The molecule has 0 bridgehead atoms. The molecule has 0 aromatic heterocycles. The van der Waals surface area contributed by atoms with E-state index in [4.69, 9.17) is 17.4 Å². The van der Waals surface area contributed by atoms with Gasteiger partial charge in [0.1, 0.15) is 0 Å². The Hall–Kier alpha value is -0.570. The fraction of sp³-hybridized carbons (Fsp3) is 0.455. The van der Waals surface area contributed by atoms with Gasteiger partial charge in [0, 0.05) is 11.1 Å². The SMILES string of the molecule is CC1CC1C(NN)c1ccc(Cl)cc1. The summed E-state index contributed by atoms with van der Waals surface area (Å²) >= 11 is 5.83. The van der Waals surface area contributed by atoms with Gasteiger partial charge in [-0.3, -0.25) is 11.3 Å². The monoisotopic (exact) mass is 210 g/mol. The summed E-state index contributed by atoms with van der Waals surface area (Å²) in [7, 11) is 0. The van der Waals surface area contributed by atoms with Crippen LogP contribution in [0.1, 0.15) is 24.9 Å². The van der Waals surface area contributed by atoms with E-state index in [0.29, 0.717) is 5.92 Å². The van der Waals surface area contributed by atoms with Gasteiger partial charge in [-0.2, -0.15) is 0 Å². The number of rotatable bonds is 3. The molecule has 1 saturated carbocycles. The Kier molecular flexibility index (Phi) is 2.77. The third kappa shape index (κ3) is 1.92. The van der Waals surface area contributed by atoms with Crippen molar-refractivity contribution in [1.82, 2.24) is 5.43 Å². The van der Waals surface area contributed by atoms with E-state index in [1.165, 1.54) is 12.0 Å². The van der Waals surface area contributed by atoms with Gasteiger partial charge in [0.05, 0.1) is 0 Å². The average molecular weight is 211 g/mol. The molecule has 76 valence electrons. The standard InChI is InChI=1S/C11H15ClN2/c1-7-6-10(7)11(14-13)8-2-4-9(12)5-3-8/h2-5,7,10-11,14H,6,13H2,1H3. The molecule has 3 unspecified atom stereocenters. The molecule has 1 aromatic carbocycles. The van der Waals surface area contributed by atoms with Crippen LogP contribution in [0.25, 0.3) is 0 Å². The van der Waals surface area contributed by atoms with E-state index in [1.807, 2.05) is 24.3 Å². The molecule has 2 nitrogen and oxygen atoms in total. The Morgan fingerprint density at radius 3 is 2.43 bits per heavy atom. The van der Waals surface area contributed by atoms with Crippen LogP contribution in [0, 0.1) is 11.8 Å². The van der Waals surface area contributed by atoms with E-state index in [0.717, 1.165) is 10.9 Å². The number of hydrazine groups is 1. The number of hydrogen-bond acceptors (Lipinski definition) is 2. The van der Waals surface area contributed by atoms with Gasteiger partial charge in [0.2, 0.25) is 0 Å². The summed E-state index contributed by atoms with van der Waals surface area (Å²) in [6, 6.07) is 8.18. The second kappa shape index (κ2) is 3.89. The topological polar surface area (TPSA) is 38.0 Å². The van der Waals surface area contributed by atoms with Crippen LogP contribution in [-0.4, -0.2) is 0 Å². The van der Waals surface area contributed by atoms with Crippen molar-refractivity contribution < 1.29 is 0 Å². The zero-order valence-corrected chi connectivity index (χ0v) is 8.96. The summed E-state index contributed by atoms with van der Waals surface area (Å²) in [6.07, 6.45) is 1.26. The maximum absolute atomic E-state index is 5.83. The lowest BCUT2D eigenvalue weighted by atomic mass is 10.0. The van der Waals surface area contributed by atoms with Crippen LogP contribution in [-0.2, 0) is 0 Å². The summed E-state index contributed by atoms with van der Waals surface area (Å²) in [5.41, 5.74) is 4.12. The molecular formula is C11H15ClN2. The highest BCUT2D eigenvalue weighted by molar-refractivity contribution is 6.30. The van der Waals surface area contributed by atoms with Gasteiger partial charge in [-0.15, -0.1) is 0 Å². The summed E-state index contributed by atoms with van der Waals surface area (Å²) < 4.78 is 0. The first-order valence-electron chi connectivity index (χ1n) is 4.94. The predicted molar refractivity (Wildman–Crippen MR) is 58.8 cm³/mol. The Labute approximate surface area is 89.4 Å². The van der Waals surface area contributed by atoms with Crippen LogP contribution in [0.4, 0.5) is 0 Å². The lowest BCUT2D eigenvalue weighted by Gasteiger charge is -2.15. The Morgan fingerprint density at radius 1 is 1.43 bits per heavy atom. The van der Waals surface area contributed by atoms with Gasteiger partial charge in [0.25, 0.3) is 0 Å². The minimum Gasteiger partial charge on any atom is -0.271 e. The van der Waals surface area contributed by atoms with E-state index >= 15 is 0 Å². The highest BCUT2D eigenvalue weighted by Crippen LogP contribution is 2.46. The number of nitrogens with one attached hydrogen (secondary N) is 1. The van der Waals surface area contributed by atoms with Crippen molar-refractivity contribution in [2.24, 2.45) is 17.7 Å². The number of hydrogen-bond donors (Lipinski definition) is 2. The van der Waals surface area contributed by atoms with E-state index in [-0.39, 0.29) is 6.04 Å². The van der Waals surface area contributed by atoms with Crippen molar-refractivity contribution in [3.8, 4) is 0 Å².